The third-order valence-electron chi connectivity index (χ3n) is 4.57. The van der Waals surface area contributed by atoms with Crippen molar-refractivity contribution < 1.29 is 14.4 Å². The lowest BCUT2D eigenvalue weighted by atomic mass is 9.96. The summed E-state index contributed by atoms with van der Waals surface area (Å²) in [5, 5.41) is 15.9. The maximum Gasteiger partial charge on any atom is 0.254 e. The van der Waals surface area contributed by atoms with Crippen molar-refractivity contribution in [3.63, 3.8) is 0 Å². The van der Waals surface area contributed by atoms with Crippen molar-refractivity contribution >= 4 is 40.6 Å². The summed E-state index contributed by atoms with van der Waals surface area (Å²) in [5.41, 5.74) is 4.56. The predicted molar refractivity (Wildman–Crippen MR) is 107 cm³/mol. The van der Waals surface area contributed by atoms with Crippen molar-refractivity contribution in [3.05, 3.63) is 28.8 Å². The van der Waals surface area contributed by atoms with Gasteiger partial charge in [-0.05, 0) is 56.4 Å². The van der Waals surface area contributed by atoms with Gasteiger partial charge in [-0.2, -0.15) is 10.4 Å². The number of hydrogen-bond donors (Lipinski definition) is 2. The molecule has 7 nitrogen and oxygen atoms in total. The zero-order chi connectivity index (χ0) is 20.5. The number of hydrogen-bond acceptors (Lipinski definition) is 5. The molecule has 1 atom stereocenters. The van der Waals surface area contributed by atoms with Crippen molar-refractivity contribution in [3.8, 4) is 6.07 Å². The molecular weight excluding hydrogens is 380 g/mol. The highest BCUT2D eigenvalue weighted by Crippen LogP contribution is 2.25. The highest BCUT2D eigenvalue weighted by molar-refractivity contribution is 6.30. The number of ketones is 1. The summed E-state index contributed by atoms with van der Waals surface area (Å²) in [6.07, 6.45) is 2.88. The zero-order valence-corrected chi connectivity index (χ0v) is 16.5. The van der Waals surface area contributed by atoms with Gasteiger partial charge in [0.25, 0.3) is 5.91 Å². The molecule has 1 fully saturated rings. The number of nitrogens with zero attached hydrogens (tertiary/aromatic N) is 2. The van der Waals surface area contributed by atoms with Crippen molar-refractivity contribution in [1.82, 2.24) is 5.43 Å². The molecule has 148 valence electrons. The fraction of sp³-hybridized carbons (Fsp3) is 0.450. The lowest BCUT2D eigenvalue weighted by molar-refractivity contribution is -0.122. The van der Waals surface area contributed by atoms with Crippen LogP contribution in [0.15, 0.2) is 23.3 Å². The van der Waals surface area contributed by atoms with E-state index in [0.29, 0.717) is 35.7 Å². The molecule has 8 heteroatoms. The van der Waals surface area contributed by atoms with Crippen LogP contribution in [0.25, 0.3) is 0 Å². The van der Waals surface area contributed by atoms with Gasteiger partial charge >= 0.3 is 0 Å². The molecule has 2 N–H and O–H groups in total. The molecular formula is C20H23ClN4O3. The van der Waals surface area contributed by atoms with Gasteiger partial charge in [-0.25, -0.2) is 5.43 Å². The Balaban J connectivity index is 1.79. The first-order valence-corrected chi connectivity index (χ1v) is 9.59. The normalized spacial score (nSPS) is 17.2. The maximum absolute atomic E-state index is 12.5. The van der Waals surface area contributed by atoms with Gasteiger partial charge in [-0.1, -0.05) is 11.6 Å². The van der Waals surface area contributed by atoms with Gasteiger partial charge in [0.2, 0.25) is 5.91 Å². The molecule has 1 saturated carbocycles. The lowest BCUT2D eigenvalue weighted by Gasteiger charge is -2.11. The molecule has 1 aromatic carbocycles. The molecule has 0 saturated heterocycles. The number of benzene rings is 1. The van der Waals surface area contributed by atoms with Crippen LogP contribution >= 0.6 is 11.6 Å². The highest BCUT2D eigenvalue weighted by atomic mass is 35.5. The van der Waals surface area contributed by atoms with Gasteiger partial charge in [-0.15, -0.1) is 0 Å². The molecule has 2 amide bonds. The summed E-state index contributed by atoms with van der Waals surface area (Å²) in [6, 6.07) is 6.99. The molecule has 2 rings (SSSR count). The summed E-state index contributed by atoms with van der Waals surface area (Å²) in [5.74, 6) is -0.922. The number of carbonyl (C=O) groups excluding carboxylic acids is 3. The van der Waals surface area contributed by atoms with Crippen LogP contribution < -0.4 is 10.7 Å². The second-order valence-corrected chi connectivity index (χ2v) is 7.18. The largest absolute Gasteiger partial charge is 0.326 e. The van der Waals surface area contributed by atoms with E-state index in [4.69, 9.17) is 16.9 Å². The predicted octanol–water partition coefficient (Wildman–Crippen LogP) is 3.51. The second kappa shape index (κ2) is 10.6. The molecule has 1 aliphatic rings. The maximum atomic E-state index is 12.5. The van der Waals surface area contributed by atoms with E-state index in [1.165, 1.54) is 0 Å². The molecule has 28 heavy (non-hydrogen) atoms. The molecule has 1 aromatic rings. The van der Waals surface area contributed by atoms with Crippen LogP contribution in [0.3, 0.4) is 0 Å². The molecule has 1 aliphatic carbocycles. The Kier molecular flexibility index (Phi) is 8.15. The third kappa shape index (κ3) is 6.46. The van der Waals surface area contributed by atoms with Gasteiger partial charge in [0.05, 0.1) is 12.0 Å². The quantitative estimate of drug-likeness (QED) is 0.648. The fourth-order valence-corrected chi connectivity index (χ4v) is 3.36. The standard InChI is InChI=1S/C20H23ClN4O3/c1-13-12-14(21)8-9-16(13)23-19(27)7-3-6-18(26)15-4-2-5-17(15)24-25-20(28)10-11-22/h8-9,12,15H,2-7,10H2,1H3,(H,23,27)(H,25,28)/b24-17+. The van der Waals surface area contributed by atoms with Gasteiger partial charge in [0.1, 0.15) is 12.2 Å². The first-order chi connectivity index (χ1) is 13.4. The van der Waals surface area contributed by atoms with Crippen LogP contribution in [0.4, 0.5) is 5.69 Å². The van der Waals surface area contributed by atoms with Gasteiger partial charge < -0.3 is 5.32 Å². The van der Waals surface area contributed by atoms with E-state index in [2.05, 4.69) is 15.8 Å². The minimum atomic E-state index is -0.484. The molecule has 0 aromatic heterocycles. The molecule has 0 spiro atoms. The number of nitriles is 1. The van der Waals surface area contributed by atoms with Crippen molar-refractivity contribution in [2.45, 2.75) is 51.9 Å². The molecule has 1 unspecified atom stereocenters. The van der Waals surface area contributed by atoms with E-state index in [9.17, 15) is 14.4 Å². The van der Waals surface area contributed by atoms with Crippen LogP contribution in [0.2, 0.25) is 5.02 Å². The van der Waals surface area contributed by atoms with E-state index in [-0.39, 0.29) is 36.9 Å². The molecule has 0 heterocycles. The van der Waals surface area contributed by atoms with Crippen molar-refractivity contribution in [2.75, 3.05) is 5.32 Å². The Morgan fingerprint density at radius 3 is 2.79 bits per heavy atom. The van der Waals surface area contributed by atoms with E-state index >= 15 is 0 Å². The average molecular weight is 403 g/mol. The summed E-state index contributed by atoms with van der Waals surface area (Å²) in [7, 11) is 0. The van der Waals surface area contributed by atoms with Crippen LogP contribution in [-0.4, -0.2) is 23.3 Å². The van der Waals surface area contributed by atoms with Gasteiger partial charge in [-0.3, -0.25) is 14.4 Å². The first kappa shape index (κ1) is 21.6. The first-order valence-electron chi connectivity index (χ1n) is 9.21. The smallest absolute Gasteiger partial charge is 0.254 e. The van der Waals surface area contributed by atoms with Crippen molar-refractivity contribution in [1.29, 1.82) is 5.26 Å². The van der Waals surface area contributed by atoms with E-state index in [1.807, 2.05) is 6.92 Å². The van der Waals surface area contributed by atoms with Gasteiger partial charge in [0.15, 0.2) is 0 Å². The minimum Gasteiger partial charge on any atom is -0.326 e. The minimum absolute atomic E-state index is 0.0289. The third-order valence-corrected chi connectivity index (χ3v) is 4.81. The summed E-state index contributed by atoms with van der Waals surface area (Å²) in [4.78, 5) is 35.9. The number of hydrazone groups is 1. The van der Waals surface area contributed by atoms with Crippen molar-refractivity contribution in [2.24, 2.45) is 11.0 Å². The Bertz CT molecular complexity index is 829. The Hall–Kier alpha value is -2.72. The molecule has 0 aliphatic heterocycles. The number of anilines is 1. The van der Waals surface area contributed by atoms with E-state index in [1.54, 1.807) is 24.3 Å². The summed E-state index contributed by atoms with van der Waals surface area (Å²) >= 11 is 5.90. The lowest BCUT2D eigenvalue weighted by Crippen LogP contribution is -2.24. The zero-order valence-electron chi connectivity index (χ0n) is 15.8. The SMILES string of the molecule is Cc1cc(Cl)ccc1NC(=O)CCCC(=O)C1CCC/C1=N\NC(=O)CC#N. The Morgan fingerprint density at radius 1 is 1.29 bits per heavy atom. The molecule has 0 bridgehead atoms. The fourth-order valence-electron chi connectivity index (χ4n) is 3.13. The second-order valence-electron chi connectivity index (χ2n) is 6.75. The van der Waals surface area contributed by atoms with Gasteiger partial charge in [0, 0.05) is 29.3 Å². The summed E-state index contributed by atoms with van der Waals surface area (Å²) < 4.78 is 0. The average Bonchev–Trinajstić information content (AvgIpc) is 3.11. The Labute approximate surface area is 169 Å². The highest BCUT2D eigenvalue weighted by Gasteiger charge is 2.29. The number of aryl methyl sites for hydroxylation is 1. The Morgan fingerprint density at radius 2 is 2.07 bits per heavy atom. The van der Waals surface area contributed by atoms with Crippen LogP contribution in [0, 0.1) is 24.2 Å². The number of rotatable bonds is 8. The number of halogens is 1. The number of amides is 2. The van der Waals surface area contributed by atoms with Crippen LogP contribution in [0.5, 0.6) is 0 Å². The topological polar surface area (TPSA) is 111 Å². The monoisotopic (exact) mass is 402 g/mol. The number of carbonyl (C=O) groups is 3. The number of nitrogens with one attached hydrogen (secondary N) is 2. The number of Topliss-reactive ketones (excluding diaryl/α,β-unsaturated/α-hetero) is 1. The van der Waals surface area contributed by atoms with Crippen LogP contribution in [0.1, 0.15) is 50.5 Å². The van der Waals surface area contributed by atoms with E-state index in [0.717, 1.165) is 12.0 Å². The molecule has 0 radical (unpaired) electrons. The van der Waals surface area contributed by atoms with E-state index < -0.39 is 5.91 Å². The van der Waals surface area contributed by atoms with Crippen LogP contribution in [-0.2, 0) is 14.4 Å². The summed E-state index contributed by atoms with van der Waals surface area (Å²) in [6.45, 7) is 1.86.